The van der Waals surface area contributed by atoms with E-state index in [4.69, 9.17) is 0 Å². The van der Waals surface area contributed by atoms with Gasteiger partial charge in [-0.2, -0.15) is 0 Å². The van der Waals surface area contributed by atoms with Crippen LogP contribution in [0.2, 0.25) is 0 Å². The number of aliphatic hydroxyl groups is 1. The Balaban J connectivity index is 1.75. The molecule has 112 valence electrons. The molecule has 0 amide bonds. The molecule has 0 bridgehead atoms. The summed E-state index contributed by atoms with van der Waals surface area (Å²) in [6, 6.07) is 1.76. The molecule has 2 N–H and O–H groups in total. The predicted octanol–water partition coefficient (Wildman–Crippen LogP) is 2.39. The molecule has 3 atom stereocenters. The molecule has 3 heteroatoms. The second-order valence-corrected chi connectivity index (χ2v) is 6.59. The number of likely N-dealkylation sites (tertiary alicyclic amines) is 1. The molecule has 19 heavy (non-hydrogen) atoms. The van der Waals surface area contributed by atoms with Gasteiger partial charge in [-0.25, -0.2) is 0 Å². The van der Waals surface area contributed by atoms with Crippen molar-refractivity contribution < 1.29 is 5.11 Å². The number of aliphatic hydroxyl groups excluding tert-OH is 1. The van der Waals surface area contributed by atoms with Crippen LogP contribution in [-0.2, 0) is 0 Å². The Morgan fingerprint density at radius 3 is 2.42 bits per heavy atom. The molecule has 2 fully saturated rings. The number of rotatable bonds is 5. The van der Waals surface area contributed by atoms with Crippen molar-refractivity contribution in [2.45, 2.75) is 76.9 Å². The molecule has 1 aliphatic carbocycles. The van der Waals surface area contributed by atoms with E-state index >= 15 is 0 Å². The summed E-state index contributed by atoms with van der Waals surface area (Å²) in [7, 11) is 0. The lowest BCUT2D eigenvalue weighted by atomic mass is 9.84. The molecule has 3 unspecified atom stereocenters. The van der Waals surface area contributed by atoms with Crippen LogP contribution in [0.1, 0.15) is 58.8 Å². The lowest BCUT2D eigenvalue weighted by molar-refractivity contribution is 0.0773. The van der Waals surface area contributed by atoms with Gasteiger partial charge < -0.3 is 15.3 Å². The third-order valence-electron chi connectivity index (χ3n) is 5.25. The summed E-state index contributed by atoms with van der Waals surface area (Å²) in [6.45, 7) is 7.35. The van der Waals surface area contributed by atoms with Gasteiger partial charge in [0.25, 0.3) is 0 Å². The van der Waals surface area contributed by atoms with Gasteiger partial charge in [0.05, 0.1) is 6.61 Å². The maximum absolute atomic E-state index is 9.27. The van der Waals surface area contributed by atoms with Crippen LogP contribution < -0.4 is 5.32 Å². The summed E-state index contributed by atoms with van der Waals surface area (Å²) in [6.07, 6.45) is 9.22. The molecule has 0 aromatic carbocycles. The Bertz CT molecular complexity index is 247. The van der Waals surface area contributed by atoms with Crippen LogP contribution in [0.3, 0.4) is 0 Å². The average molecular weight is 268 g/mol. The van der Waals surface area contributed by atoms with Gasteiger partial charge in [-0.15, -0.1) is 0 Å². The summed E-state index contributed by atoms with van der Waals surface area (Å²) >= 11 is 0. The number of nitrogens with zero attached hydrogens (tertiary/aromatic N) is 1. The van der Waals surface area contributed by atoms with Gasteiger partial charge >= 0.3 is 0 Å². The SMILES string of the molecule is CCC(CO)NC1CCN(C2CCCCC2C)CC1. The largest absolute Gasteiger partial charge is 0.395 e. The summed E-state index contributed by atoms with van der Waals surface area (Å²) in [5, 5.41) is 12.9. The minimum atomic E-state index is 0.274. The standard InChI is InChI=1S/C16H32N2O/c1-3-14(12-19)17-15-8-10-18(11-9-15)16-7-5-4-6-13(16)2/h13-17,19H,3-12H2,1-2H3. The fourth-order valence-corrected chi connectivity index (χ4v) is 3.87. The van der Waals surface area contributed by atoms with E-state index in [0.717, 1.165) is 18.4 Å². The maximum Gasteiger partial charge on any atom is 0.0584 e. The van der Waals surface area contributed by atoms with Crippen molar-refractivity contribution in [1.29, 1.82) is 0 Å². The number of piperidine rings is 1. The van der Waals surface area contributed by atoms with Crippen LogP contribution in [0.4, 0.5) is 0 Å². The average Bonchev–Trinajstić information content (AvgIpc) is 2.46. The molecule has 1 aliphatic heterocycles. The summed E-state index contributed by atoms with van der Waals surface area (Å²) < 4.78 is 0. The highest BCUT2D eigenvalue weighted by molar-refractivity contribution is 4.87. The molecule has 2 rings (SSSR count). The van der Waals surface area contributed by atoms with Crippen molar-refractivity contribution in [2.24, 2.45) is 5.92 Å². The summed E-state index contributed by atoms with van der Waals surface area (Å²) in [5.74, 6) is 0.888. The lowest BCUT2D eigenvalue weighted by Gasteiger charge is -2.43. The van der Waals surface area contributed by atoms with E-state index in [-0.39, 0.29) is 6.61 Å². The second kappa shape index (κ2) is 7.61. The van der Waals surface area contributed by atoms with Crippen molar-refractivity contribution in [2.75, 3.05) is 19.7 Å². The zero-order chi connectivity index (χ0) is 13.7. The topological polar surface area (TPSA) is 35.5 Å². The van der Waals surface area contributed by atoms with Crippen LogP contribution in [0.25, 0.3) is 0 Å². The van der Waals surface area contributed by atoms with Crippen LogP contribution >= 0.6 is 0 Å². The van der Waals surface area contributed by atoms with E-state index in [1.54, 1.807) is 0 Å². The highest BCUT2D eigenvalue weighted by Gasteiger charge is 2.30. The lowest BCUT2D eigenvalue weighted by Crippen LogP contribution is -2.51. The fourth-order valence-electron chi connectivity index (χ4n) is 3.87. The third kappa shape index (κ3) is 4.17. The molecule has 0 spiro atoms. The van der Waals surface area contributed by atoms with Crippen LogP contribution in [0.15, 0.2) is 0 Å². The minimum Gasteiger partial charge on any atom is -0.395 e. The van der Waals surface area contributed by atoms with Crippen molar-refractivity contribution in [3.05, 3.63) is 0 Å². The van der Waals surface area contributed by atoms with Gasteiger partial charge in [-0.1, -0.05) is 26.7 Å². The maximum atomic E-state index is 9.27. The normalized spacial score (nSPS) is 32.4. The first-order valence-electron chi connectivity index (χ1n) is 8.35. The molecule has 0 aromatic heterocycles. The number of hydrogen-bond donors (Lipinski definition) is 2. The Morgan fingerprint density at radius 1 is 1.16 bits per heavy atom. The Kier molecular flexibility index (Phi) is 6.11. The van der Waals surface area contributed by atoms with Gasteiger partial charge in [-0.3, -0.25) is 0 Å². The summed E-state index contributed by atoms with van der Waals surface area (Å²) in [5.41, 5.74) is 0. The highest BCUT2D eigenvalue weighted by atomic mass is 16.3. The molecular formula is C16H32N2O. The monoisotopic (exact) mass is 268 g/mol. The van der Waals surface area contributed by atoms with Crippen LogP contribution in [-0.4, -0.2) is 47.8 Å². The summed E-state index contributed by atoms with van der Waals surface area (Å²) in [4.78, 5) is 2.74. The van der Waals surface area contributed by atoms with Crippen molar-refractivity contribution >= 4 is 0 Å². The fraction of sp³-hybridized carbons (Fsp3) is 1.00. The van der Waals surface area contributed by atoms with Crippen molar-refractivity contribution in [1.82, 2.24) is 10.2 Å². The number of nitrogens with one attached hydrogen (secondary N) is 1. The first kappa shape index (κ1) is 15.3. The smallest absolute Gasteiger partial charge is 0.0584 e. The van der Waals surface area contributed by atoms with Gasteiger partial charge in [0.2, 0.25) is 0 Å². The van der Waals surface area contributed by atoms with E-state index in [1.165, 1.54) is 51.6 Å². The van der Waals surface area contributed by atoms with Gasteiger partial charge in [0.1, 0.15) is 0 Å². The highest BCUT2D eigenvalue weighted by Crippen LogP contribution is 2.29. The van der Waals surface area contributed by atoms with Gasteiger partial charge in [-0.05, 0) is 51.1 Å². The van der Waals surface area contributed by atoms with Gasteiger partial charge in [0, 0.05) is 18.1 Å². The van der Waals surface area contributed by atoms with Crippen LogP contribution in [0, 0.1) is 5.92 Å². The Labute approximate surface area is 118 Å². The Hall–Kier alpha value is -0.120. The molecule has 1 saturated carbocycles. The molecule has 1 heterocycles. The van der Waals surface area contributed by atoms with E-state index in [2.05, 4.69) is 24.1 Å². The quantitative estimate of drug-likeness (QED) is 0.803. The molecular weight excluding hydrogens is 236 g/mol. The number of hydrogen-bond acceptors (Lipinski definition) is 3. The molecule has 0 aromatic rings. The zero-order valence-corrected chi connectivity index (χ0v) is 12.8. The van der Waals surface area contributed by atoms with E-state index in [1.807, 2.05) is 0 Å². The minimum absolute atomic E-state index is 0.274. The van der Waals surface area contributed by atoms with E-state index in [0.29, 0.717) is 12.1 Å². The molecule has 3 nitrogen and oxygen atoms in total. The second-order valence-electron chi connectivity index (χ2n) is 6.59. The van der Waals surface area contributed by atoms with Crippen LogP contribution in [0.5, 0.6) is 0 Å². The molecule has 0 radical (unpaired) electrons. The van der Waals surface area contributed by atoms with E-state index < -0.39 is 0 Å². The van der Waals surface area contributed by atoms with Gasteiger partial charge in [0.15, 0.2) is 0 Å². The molecule has 1 saturated heterocycles. The first-order valence-corrected chi connectivity index (χ1v) is 8.35. The molecule has 2 aliphatic rings. The first-order chi connectivity index (χ1) is 9.24. The van der Waals surface area contributed by atoms with Crippen molar-refractivity contribution in [3.63, 3.8) is 0 Å². The zero-order valence-electron chi connectivity index (χ0n) is 12.8. The van der Waals surface area contributed by atoms with Crippen molar-refractivity contribution in [3.8, 4) is 0 Å². The Morgan fingerprint density at radius 2 is 1.84 bits per heavy atom. The third-order valence-corrected chi connectivity index (χ3v) is 5.25. The van der Waals surface area contributed by atoms with E-state index in [9.17, 15) is 5.11 Å². The predicted molar refractivity (Wildman–Crippen MR) is 80.3 cm³/mol.